The Kier molecular flexibility index (Phi) is 2.66. The van der Waals surface area contributed by atoms with Crippen LogP contribution in [0.25, 0.3) is 0 Å². The molecule has 0 aliphatic carbocycles. The van der Waals surface area contributed by atoms with E-state index >= 15 is 0 Å². The number of nitrogens with zero attached hydrogens (tertiary/aromatic N) is 1. The van der Waals surface area contributed by atoms with E-state index in [1.165, 1.54) is 0 Å². The molecule has 1 fully saturated rings. The van der Waals surface area contributed by atoms with Crippen LogP contribution in [-0.4, -0.2) is 22.8 Å². The molecule has 1 aliphatic rings. The van der Waals surface area contributed by atoms with Crippen LogP contribution in [0.1, 0.15) is 18.1 Å². The van der Waals surface area contributed by atoms with Crippen molar-refractivity contribution in [1.29, 1.82) is 5.26 Å². The van der Waals surface area contributed by atoms with Crippen molar-refractivity contribution in [2.75, 3.05) is 0 Å². The average Bonchev–Trinajstić information content (AvgIpc) is 2.54. The number of rotatable bonds is 1. The van der Waals surface area contributed by atoms with Crippen LogP contribution in [0, 0.1) is 11.3 Å². The molecule has 4 N–H and O–H groups in total. The summed E-state index contributed by atoms with van der Waals surface area (Å²) < 4.78 is 0. The van der Waals surface area contributed by atoms with E-state index < -0.39 is 18.1 Å². The Hall–Kier alpha value is -1.45. The summed E-state index contributed by atoms with van der Waals surface area (Å²) in [5.74, 6) is 0. The summed E-state index contributed by atoms with van der Waals surface area (Å²) in [6.07, 6.45) is -1.81. The number of nitrogens with one attached hydrogen (secondary N) is 2. The summed E-state index contributed by atoms with van der Waals surface area (Å²) in [6, 6.07) is 8.91. The molecule has 5 heteroatoms. The molecule has 1 aliphatic heterocycles. The first-order chi connectivity index (χ1) is 7.56. The van der Waals surface area contributed by atoms with Gasteiger partial charge in [0, 0.05) is 0 Å². The van der Waals surface area contributed by atoms with Gasteiger partial charge in [0.25, 0.3) is 0 Å². The van der Waals surface area contributed by atoms with Crippen LogP contribution in [0.15, 0.2) is 24.3 Å². The van der Waals surface area contributed by atoms with Crippen LogP contribution < -0.4 is 10.6 Å². The lowest BCUT2D eigenvalue weighted by atomic mass is 9.91. The second kappa shape index (κ2) is 3.85. The lowest BCUT2D eigenvalue weighted by molar-refractivity contribution is 0.0772. The maximum atomic E-state index is 9.80. The zero-order valence-corrected chi connectivity index (χ0v) is 8.81. The third-order valence-electron chi connectivity index (χ3n) is 2.91. The normalized spacial score (nSPS) is 33.6. The molecule has 1 aromatic carbocycles. The summed E-state index contributed by atoms with van der Waals surface area (Å²) in [6.45, 7) is 1.78. The van der Waals surface area contributed by atoms with Gasteiger partial charge in [-0.1, -0.05) is 12.1 Å². The standard InChI is InChI=1S/C11H13N3O2/c1-11(9(15)13-10(16)14-11)8-4-2-7(6-12)3-5-8/h2-5,9-10,13-16H,1H3. The first-order valence-corrected chi connectivity index (χ1v) is 4.97. The molecule has 0 amide bonds. The number of aliphatic hydroxyl groups excluding tert-OH is 2. The van der Waals surface area contributed by atoms with Gasteiger partial charge in [-0.05, 0) is 24.6 Å². The summed E-state index contributed by atoms with van der Waals surface area (Å²) >= 11 is 0. The monoisotopic (exact) mass is 219 g/mol. The van der Waals surface area contributed by atoms with Gasteiger partial charge in [-0.15, -0.1) is 0 Å². The Bertz CT molecular complexity index is 426. The van der Waals surface area contributed by atoms with E-state index in [1.807, 2.05) is 6.07 Å². The van der Waals surface area contributed by atoms with Crippen molar-refractivity contribution in [3.8, 4) is 6.07 Å². The molecular weight excluding hydrogens is 206 g/mol. The molecule has 2 rings (SSSR count). The molecule has 0 spiro atoms. The molecule has 5 nitrogen and oxygen atoms in total. The molecule has 3 unspecified atom stereocenters. The third kappa shape index (κ3) is 1.68. The summed E-state index contributed by atoms with van der Waals surface area (Å²) in [7, 11) is 0. The quantitative estimate of drug-likeness (QED) is 0.514. The van der Waals surface area contributed by atoms with Crippen molar-refractivity contribution in [2.45, 2.75) is 25.0 Å². The SMILES string of the molecule is CC1(c2ccc(C#N)cc2)NC(O)NC1O. The fourth-order valence-corrected chi connectivity index (χ4v) is 1.85. The molecule has 1 heterocycles. The van der Waals surface area contributed by atoms with Gasteiger partial charge in [0.05, 0.1) is 17.2 Å². The van der Waals surface area contributed by atoms with E-state index in [9.17, 15) is 10.2 Å². The first-order valence-electron chi connectivity index (χ1n) is 4.97. The van der Waals surface area contributed by atoms with Crippen LogP contribution >= 0.6 is 0 Å². The van der Waals surface area contributed by atoms with E-state index in [0.29, 0.717) is 5.56 Å². The molecule has 1 aromatic rings. The highest BCUT2D eigenvalue weighted by Crippen LogP contribution is 2.27. The van der Waals surface area contributed by atoms with Crippen molar-refractivity contribution in [2.24, 2.45) is 0 Å². The van der Waals surface area contributed by atoms with E-state index in [2.05, 4.69) is 10.6 Å². The Labute approximate surface area is 93.3 Å². The van der Waals surface area contributed by atoms with Crippen molar-refractivity contribution in [3.63, 3.8) is 0 Å². The zero-order valence-electron chi connectivity index (χ0n) is 8.81. The Morgan fingerprint density at radius 1 is 1.31 bits per heavy atom. The van der Waals surface area contributed by atoms with Gasteiger partial charge >= 0.3 is 0 Å². The highest BCUT2D eigenvalue weighted by molar-refractivity contribution is 5.35. The number of hydrogen-bond acceptors (Lipinski definition) is 5. The average molecular weight is 219 g/mol. The van der Waals surface area contributed by atoms with Crippen LogP contribution in [0.3, 0.4) is 0 Å². The van der Waals surface area contributed by atoms with Gasteiger partial charge in [0.15, 0.2) is 6.35 Å². The van der Waals surface area contributed by atoms with Crippen LogP contribution in [0.4, 0.5) is 0 Å². The first kappa shape index (κ1) is 11.0. The smallest absolute Gasteiger partial charge is 0.163 e. The lowest BCUT2D eigenvalue weighted by Gasteiger charge is -2.27. The zero-order chi connectivity index (χ0) is 11.8. The summed E-state index contributed by atoms with van der Waals surface area (Å²) in [5, 5.41) is 33.3. The van der Waals surface area contributed by atoms with Gasteiger partial charge in [0.1, 0.15) is 6.23 Å². The van der Waals surface area contributed by atoms with E-state index in [-0.39, 0.29) is 0 Å². The molecule has 0 aromatic heterocycles. The second-order valence-electron chi connectivity index (χ2n) is 4.01. The van der Waals surface area contributed by atoms with Gasteiger partial charge < -0.3 is 10.2 Å². The highest BCUT2D eigenvalue weighted by Gasteiger charge is 2.42. The van der Waals surface area contributed by atoms with E-state index in [0.717, 1.165) is 5.56 Å². The number of aliphatic hydroxyl groups is 2. The minimum Gasteiger partial charge on any atom is -0.376 e. The Balaban J connectivity index is 2.33. The molecular formula is C11H13N3O2. The van der Waals surface area contributed by atoms with Gasteiger partial charge in [-0.3, -0.25) is 10.6 Å². The molecule has 0 bridgehead atoms. The van der Waals surface area contributed by atoms with Gasteiger partial charge in [0.2, 0.25) is 0 Å². The van der Waals surface area contributed by atoms with Crippen molar-refractivity contribution in [3.05, 3.63) is 35.4 Å². The van der Waals surface area contributed by atoms with E-state index in [4.69, 9.17) is 5.26 Å². The number of nitriles is 1. The Morgan fingerprint density at radius 3 is 2.38 bits per heavy atom. The lowest BCUT2D eigenvalue weighted by Crippen LogP contribution is -2.44. The summed E-state index contributed by atoms with van der Waals surface area (Å²) in [5.41, 5.74) is 0.615. The second-order valence-corrected chi connectivity index (χ2v) is 4.01. The fraction of sp³-hybridized carbons (Fsp3) is 0.364. The summed E-state index contributed by atoms with van der Waals surface area (Å²) in [4.78, 5) is 0. The van der Waals surface area contributed by atoms with E-state index in [1.54, 1.807) is 31.2 Å². The molecule has 3 atom stereocenters. The molecule has 16 heavy (non-hydrogen) atoms. The van der Waals surface area contributed by atoms with Crippen molar-refractivity contribution >= 4 is 0 Å². The van der Waals surface area contributed by atoms with Gasteiger partial charge in [-0.25, -0.2) is 0 Å². The van der Waals surface area contributed by atoms with Crippen molar-refractivity contribution < 1.29 is 10.2 Å². The minimum atomic E-state index is -0.935. The Morgan fingerprint density at radius 2 is 1.94 bits per heavy atom. The predicted molar refractivity (Wildman–Crippen MR) is 56.8 cm³/mol. The van der Waals surface area contributed by atoms with Crippen LogP contribution in [0.5, 0.6) is 0 Å². The molecule has 1 saturated heterocycles. The maximum Gasteiger partial charge on any atom is 0.163 e. The highest BCUT2D eigenvalue weighted by atomic mass is 16.3. The third-order valence-corrected chi connectivity index (χ3v) is 2.91. The maximum absolute atomic E-state index is 9.80. The van der Waals surface area contributed by atoms with Gasteiger partial charge in [-0.2, -0.15) is 5.26 Å². The number of benzene rings is 1. The van der Waals surface area contributed by atoms with Crippen LogP contribution in [0.2, 0.25) is 0 Å². The predicted octanol–water partition coefficient (Wildman–Crippen LogP) is -0.439. The molecule has 84 valence electrons. The molecule has 0 radical (unpaired) electrons. The molecule has 0 saturated carbocycles. The largest absolute Gasteiger partial charge is 0.376 e. The minimum absolute atomic E-state index is 0.563. The number of hydrogen-bond donors (Lipinski definition) is 4. The van der Waals surface area contributed by atoms with Crippen molar-refractivity contribution in [1.82, 2.24) is 10.6 Å². The van der Waals surface area contributed by atoms with Crippen LogP contribution in [-0.2, 0) is 5.54 Å². The topological polar surface area (TPSA) is 88.3 Å². The fourth-order valence-electron chi connectivity index (χ4n) is 1.85.